The Morgan fingerprint density at radius 1 is 1.20 bits per heavy atom. The Morgan fingerprint density at radius 2 is 1.80 bits per heavy atom. The lowest BCUT2D eigenvalue weighted by Gasteiger charge is -2.31. The molecule has 1 nitrogen and oxygen atoms in total. The van der Waals surface area contributed by atoms with Crippen LogP contribution in [0.25, 0.3) is 0 Å². The lowest BCUT2D eigenvalue weighted by Crippen LogP contribution is -2.31. The van der Waals surface area contributed by atoms with Crippen LogP contribution in [0, 0.1) is 19.3 Å². The van der Waals surface area contributed by atoms with E-state index in [9.17, 15) is 5.11 Å². The van der Waals surface area contributed by atoms with E-state index in [-0.39, 0.29) is 5.41 Å². The molecule has 0 heterocycles. The largest absolute Gasteiger partial charge is 0.385 e. The van der Waals surface area contributed by atoms with Gasteiger partial charge >= 0.3 is 0 Å². The summed E-state index contributed by atoms with van der Waals surface area (Å²) in [6.07, 6.45) is 2.26. The highest BCUT2D eigenvalue weighted by atomic mass is 16.3. The van der Waals surface area contributed by atoms with E-state index in [1.54, 1.807) is 0 Å². The molecule has 1 fully saturated rings. The monoisotopic (exact) mass is 204 g/mol. The van der Waals surface area contributed by atoms with E-state index in [0.717, 1.165) is 18.4 Å². The molecule has 0 aliphatic heterocycles. The zero-order chi connectivity index (χ0) is 11.3. The molecular formula is C14H20O. The van der Waals surface area contributed by atoms with Crippen molar-refractivity contribution in [1.29, 1.82) is 0 Å². The van der Waals surface area contributed by atoms with Crippen molar-refractivity contribution >= 4 is 0 Å². The number of aliphatic hydroxyl groups is 1. The van der Waals surface area contributed by atoms with Crippen LogP contribution >= 0.6 is 0 Å². The van der Waals surface area contributed by atoms with Crippen molar-refractivity contribution in [2.45, 2.75) is 46.1 Å². The van der Waals surface area contributed by atoms with Gasteiger partial charge in [-0.2, -0.15) is 0 Å². The molecule has 1 aliphatic carbocycles. The van der Waals surface area contributed by atoms with Gasteiger partial charge in [0.25, 0.3) is 0 Å². The smallest absolute Gasteiger partial charge is 0.0921 e. The van der Waals surface area contributed by atoms with Crippen LogP contribution in [-0.4, -0.2) is 5.11 Å². The number of benzene rings is 1. The molecule has 15 heavy (non-hydrogen) atoms. The average Bonchev–Trinajstić information content (AvgIpc) is 2.90. The van der Waals surface area contributed by atoms with Gasteiger partial charge in [-0.25, -0.2) is 0 Å². The molecule has 0 amide bonds. The van der Waals surface area contributed by atoms with Crippen molar-refractivity contribution in [3.63, 3.8) is 0 Å². The molecule has 1 unspecified atom stereocenters. The molecule has 0 saturated heterocycles. The molecule has 0 aromatic heterocycles. The summed E-state index contributed by atoms with van der Waals surface area (Å²) in [5.74, 6) is 0. The minimum atomic E-state index is -0.675. The molecule has 1 N–H and O–H groups in total. The van der Waals surface area contributed by atoms with E-state index in [1.165, 1.54) is 11.1 Å². The van der Waals surface area contributed by atoms with Crippen molar-refractivity contribution in [3.8, 4) is 0 Å². The van der Waals surface area contributed by atoms with Crippen LogP contribution in [0.4, 0.5) is 0 Å². The second-order valence-electron chi connectivity index (χ2n) is 5.43. The van der Waals surface area contributed by atoms with Crippen LogP contribution in [0.2, 0.25) is 0 Å². The number of rotatable bonds is 2. The highest BCUT2D eigenvalue weighted by Crippen LogP contribution is 2.57. The van der Waals surface area contributed by atoms with Gasteiger partial charge in [-0.15, -0.1) is 0 Å². The van der Waals surface area contributed by atoms with Crippen LogP contribution in [0.5, 0.6) is 0 Å². The van der Waals surface area contributed by atoms with Crippen molar-refractivity contribution in [1.82, 2.24) is 0 Å². The average molecular weight is 204 g/mol. The predicted octanol–water partition coefficient (Wildman–Crippen LogP) is 3.31. The molecule has 0 bridgehead atoms. The molecule has 1 aromatic carbocycles. The summed E-state index contributed by atoms with van der Waals surface area (Å²) < 4.78 is 0. The summed E-state index contributed by atoms with van der Waals surface area (Å²) in [4.78, 5) is 0. The van der Waals surface area contributed by atoms with E-state index < -0.39 is 5.60 Å². The molecular weight excluding hydrogens is 184 g/mol. The summed E-state index contributed by atoms with van der Waals surface area (Å²) >= 11 is 0. The highest BCUT2D eigenvalue weighted by Gasteiger charge is 2.52. The minimum Gasteiger partial charge on any atom is -0.385 e. The van der Waals surface area contributed by atoms with Gasteiger partial charge in [-0.1, -0.05) is 25.1 Å². The molecule has 1 heteroatoms. The molecule has 1 aliphatic rings. The standard InChI is InChI=1S/C14H20O/c1-10-5-6-12(9-11(10)2)14(4,15)13(3)7-8-13/h5-6,9,15H,7-8H2,1-4H3. The normalized spacial score (nSPS) is 22.2. The van der Waals surface area contributed by atoms with Crippen molar-refractivity contribution in [2.75, 3.05) is 0 Å². The first kappa shape index (κ1) is 10.7. The van der Waals surface area contributed by atoms with Crippen LogP contribution in [-0.2, 0) is 5.60 Å². The number of aryl methyl sites for hydroxylation is 2. The lowest BCUT2D eigenvalue weighted by molar-refractivity contribution is -0.0127. The number of hydrogen-bond donors (Lipinski definition) is 1. The van der Waals surface area contributed by atoms with Crippen molar-refractivity contribution < 1.29 is 5.11 Å². The van der Waals surface area contributed by atoms with E-state index in [1.807, 2.05) is 6.92 Å². The summed E-state index contributed by atoms with van der Waals surface area (Å²) in [6.45, 7) is 8.32. The summed E-state index contributed by atoms with van der Waals surface area (Å²) in [7, 11) is 0. The summed E-state index contributed by atoms with van der Waals surface area (Å²) in [5.41, 5.74) is 3.03. The maximum atomic E-state index is 10.6. The third kappa shape index (κ3) is 1.59. The van der Waals surface area contributed by atoms with Gasteiger partial charge in [0, 0.05) is 5.41 Å². The topological polar surface area (TPSA) is 20.2 Å². The quantitative estimate of drug-likeness (QED) is 0.783. The van der Waals surface area contributed by atoms with Gasteiger partial charge in [0.1, 0.15) is 0 Å². The van der Waals surface area contributed by atoms with E-state index in [0.29, 0.717) is 0 Å². The van der Waals surface area contributed by atoms with Gasteiger partial charge in [-0.05, 0) is 50.3 Å². The zero-order valence-corrected chi connectivity index (χ0v) is 10.1. The first-order valence-electron chi connectivity index (χ1n) is 5.67. The molecule has 1 atom stereocenters. The summed E-state index contributed by atoms with van der Waals surface area (Å²) in [5, 5.41) is 10.6. The Hall–Kier alpha value is -0.820. The molecule has 0 radical (unpaired) electrons. The minimum absolute atomic E-state index is 0.0920. The Balaban J connectivity index is 2.41. The third-order valence-electron chi connectivity index (χ3n) is 4.24. The second-order valence-corrected chi connectivity index (χ2v) is 5.43. The Labute approximate surface area is 92.1 Å². The van der Waals surface area contributed by atoms with Gasteiger partial charge < -0.3 is 5.11 Å². The molecule has 0 spiro atoms. The lowest BCUT2D eigenvalue weighted by atomic mass is 9.80. The Bertz CT molecular complexity index is 386. The number of hydrogen-bond acceptors (Lipinski definition) is 1. The Morgan fingerprint density at radius 3 is 2.27 bits per heavy atom. The fourth-order valence-corrected chi connectivity index (χ4v) is 2.07. The van der Waals surface area contributed by atoms with E-state index >= 15 is 0 Å². The maximum Gasteiger partial charge on any atom is 0.0921 e. The van der Waals surface area contributed by atoms with Crippen LogP contribution in [0.3, 0.4) is 0 Å². The maximum absolute atomic E-state index is 10.6. The molecule has 82 valence electrons. The fraction of sp³-hybridized carbons (Fsp3) is 0.571. The van der Waals surface area contributed by atoms with Gasteiger partial charge in [-0.3, -0.25) is 0 Å². The fourth-order valence-electron chi connectivity index (χ4n) is 2.07. The second kappa shape index (κ2) is 3.08. The summed E-state index contributed by atoms with van der Waals surface area (Å²) in [6, 6.07) is 6.29. The third-order valence-corrected chi connectivity index (χ3v) is 4.24. The van der Waals surface area contributed by atoms with Crippen LogP contribution in [0.1, 0.15) is 43.4 Å². The molecule has 1 saturated carbocycles. The molecule has 1 aromatic rings. The van der Waals surface area contributed by atoms with Gasteiger partial charge in [0.2, 0.25) is 0 Å². The first-order chi connectivity index (χ1) is 6.87. The highest BCUT2D eigenvalue weighted by molar-refractivity contribution is 5.35. The van der Waals surface area contributed by atoms with Crippen molar-refractivity contribution in [2.24, 2.45) is 5.41 Å². The molecule has 2 rings (SSSR count). The van der Waals surface area contributed by atoms with E-state index in [2.05, 4.69) is 39.0 Å². The van der Waals surface area contributed by atoms with Crippen LogP contribution < -0.4 is 0 Å². The van der Waals surface area contributed by atoms with Gasteiger partial charge in [0.05, 0.1) is 5.60 Å². The van der Waals surface area contributed by atoms with E-state index in [4.69, 9.17) is 0 Å². The SMILES string of the molecule is Cc1ccc(C(C)(O)C2(C)CC2)cc1C. The first-order valence-corrected chi connectivity index (χ1v) is 5.67. The predicted molar refractivity (Wildman–Crippen MR) is 62.8 cm³/mol. The Kier molecular flexibility index (Phi) is 2.20. The van der Waals surface area contributed by atoms with Crippen LogP contribution in [0.15, 0.2) is 18.2 Å². The van der Waals surface area contributed by atoms with Crippen molar-refractivity contribution in [3.05, 3.63) is 34.9 Å². The van der Waals surface area contributed by atoms with Gasteiger partial charge in [0.15, 0.2) is 0 Å². The zero-order valence-electron chi connectivity index (χ0n) is 10.1.